The van der Waals surface area contributed by atoms with Crippen molar-refractivity contribution in [3.8, 4) is 6.07 Å². The molecule has 27 heavy (non-hydrogen) atoms. The van der Waals surface area contributed by atoms with Crippen molar-refractivity contribution < 1.29 is 18.7 Å². The highest BCUT2D eigenvalue weighted by Gasteiger charge is 2.18. The van der Waals surface area contributed by atoms with Crippen LogP contribution in [0.5, 0.6) is 0 Å². The maximum Gasteiger partial charge on any atom is 0.307 e. The van der Waals surface area contributed by atoms with Crippen molar-refractivity contribution in [2.45, 2.75) is 25.9 Å². The average molecular weight is 363 g/mol. The first-order valence-electron chi connectivity index (χ1n) is 8.40. The van der Waals surface area contributed by atoms with Crippen LogP contribution in [0, 0.1) is 11.3 Å². The van der Waals surface area contributed by atoms with Crippen LogP contribution >= 0.6 is 0 Å². The number of nitrogens with zero attached hydrogens (tertiary/aromatic N) is 2. The van der Waals surface area contributed by atoms with Crippen LogP contribution in [0.2, 0.25) is 0 Å². The number of fused-ring (bicyclic) bond motifs is 1. The zero-order valence-corrected chi connectivity index (χ0v) is 14.6. The molecule has 136 valence electrons. The van der Waals surface area contributed by atoms with E-state index >= 15 is 0 Å². The molecule has 0 saturated carbocycles. The molecule has 1 aromatic heterocycles. The minimum atomic E-state index is -0.966. The number of esters is 1. The van der Waals surface area contributed by atoms with Gasteiger partial charge in [-0.1, -0.05) is 18.2 Å². The van der Waals surface area contributed by atoms with Crippen LogP contribution in [0.25, 0.3) is 11.1 Å². The number of para-hydroxylation sites is 2. The number of ether oxygens (including phenoxy) is 1. The van der Waals surface area contributed by atoms with Crippen LogP contribution in [-0.4, -0.2) is 23.0 Å². The van der Waals surface area contributed by atoms with E-state index in [9.17, 15) is 9.59 Å². The van der Waals surface area contributed by atoms with Crippen molar-refractivity contribution in [1.82, 2.24) is 4.98 Å². The van der Waals surface area contributed by atoms with Crippen molar-refractivity contribution in [2.24, 2.45) is 0 Å². The molecule has 3 aromatic rings. The molecule has 0 fully saturated rings. The van der Waals surface area contributed by atoms with Gasteiger partial charge in [0.25, 0.3) is 5.91 Å². The number of anilines is 1. The molecule has 0 bridgehead atoms. The first-order valence-corrected chi connectivity index (χ1v) is 8.40. The molecule has 3 rings (SSSR count). The predicted octanol–water partition coefficient (Wildman–Crippen LogP) is 3.20. The predicted molar refractivity (Wildman–Crippen MR) is 97.7 cm³/mol. The number of amides is 1. The molecule has 1 atom stereocenters. The lowest BCUT2D eigenvalue weighted by Crippen LogP contribution is -2.30. The number of hydrogen-bond acceptors (Lipinski definition) is 6. The zero-order valence-electron chi connectivity index (χ0n) is 14.6. The van der Waals surface area contributed by atoms with Gasteiger partial charge in [-0.3, -0.25) is 9.59 Å². The average Bonchev–Trinajstić information content (AvgIpc) is 3.09. The number of aromatic nitrogens is 1. The summed E-state index contributed by atoms with van der Waals surface area (Å²) in [6.07, 6.45) is -0.632. The molecule has 1 amide bonds. The van der Waals surface area contributed by atoms with Gasteiger partial charge in [0.15, 0.2) is 17.6 Å². The highest BCUT2D eigenvalue weighted by Crippen LogP contribution is 2.16. The fourth-order valence-electron chi connectivity index (χ4n) is 2.46. The van der Waals surface area contributed by atoms with E-state index in [0.717, 1.165) is 5.52 Å². The third-order valence-corrected chi connectivity index (χ3v) is 3.82. The lowest BCUT2D eigenvalue weighted by Gasteiger charge is -2.13. The van der Waals surface area contributed by atoms with E-state index in [1.54, 1.807) is 30.3 Å². The van der Waals surface area contributed by atoms with Gasteiger partial charge in [-0.15, -0.1) is 0 Å². The molecular weight excluding hydrogens is 346 g/mol. The Morgan fingerprint density at radius 3 is 2.85 bits per heavy atom. The van der Waals surface area contributed by atoms with Gasteiger partial charge in [0.05, 0.1) is 18.1 Å². The van der Waals surface area contributed by atoms with Crippen LogP contribution in [0.4, 0.5) is 5.69 Å². The third-order valence-electron chi connectivity index (χ3n) is 3.82. The molecule has 0 saturated heterocycles. The van der Waals surface area contributed by atoms with Crippen molar-refractivity contribution in [3.05, 3.63) is 60.0 Å². The third kappa shape index (κ3) is 4.70. The number of oxazole rings is 1. The Kier molecular flexibility index (Phi) is 5.47. The summed E-state index contributed by atoms with van der Waals surface area (Å²) in [7, 11) is 0. The monoisotopic (exact) mass is 363 g/mol. The van der Waals surface area contributed by atoms with Gasteiger partial charge >= 0.3 is 5.97 Å². The van der Waals surface area contributed by atoms with Crippen LogP contribution in [-0.2, 0) is 20.7 Å². The zero-order chi connectivity index (χ0) is 19.2. The second-order valence-corrected chi connectivity index (χ2v) is 5.89. The van der Waals surface area contributed by atoms with E-state index in [2.05, 4.69) is 10.3 Å². The number of carbonyl (C=O) groups excluding carboxylic acids is 2. The molecule has 2 aromatic carbocycles. The number of nitrogens with one attached hydrogen (secondary N) is 1. The van der Waals surface area contributed by atoms with E-state index in [0.29, 0.717) is 22.7 Å². The summed E-state index contributed by atoms with van der Waals surface area (Å²) in [5.74, 6) is -0.551. The lowest BCUT2D eigenvalue weighted by molar-refractivity contribution is -0.153. The highest BCUT2D eigenvalue weighted by atomic mass is 16.5. The van der Waals surface area contributed by atoms with Crippen molar-refractivity contribution in [1.29, 1.82) is 5.26 Å². The maximum atomic E-state index is 12.1. The first kappa shape index (κ1) is 18.1. The Bertz CT molecular complexity index is 986. The minimum Gasteiger partial charge on any atom is -0.453 e. The Balaban J connectivity index is 1.50. The minimum absolute atomic E-state index is 0.0500. The molecular formula is C20H17N3O4. The molecule has 7 heteroatoms. The quantitative estimate of drug-likeness (QED) is 0.674. The number of aryl methyl sites for hydroxylation is 1. The summed E-state index contributed by atoms with van der Waals surface area (Å²) in [6.45, 7) is 1.49. The van der Waals surface area contributed by atoms with Gasteiger partial charge in [-0.2, -0.15) is 5.26 Å². The maximum absolute atomic E-state index is 12.1. The standard InChI is InChI=1S/C20H17N3O4/c1-13(20(25)22-15-6-4-5-14(11-15)12-21)26-19(24)10-9-18-23-16-7-2-3-8-17(16)27-18/h2-8,11,13H,9-10H2,1H3,(H,22,25)/t13-/m0/s1. The fraction of sp³-hybridized carbons (Fsp3) is 0.200. The topological polar surface area (TPSA) is 105 Å². The molecule has 0 spiro atoms. The summed E-state index contributed by atoms with van der Waals surface area (Å²) < 4.78 is 10.7. The second-order valence-electron chi connectivity index (χ2n) is 5.89. The molecule has 0 aliphatic carbocycles. The summed E-state index contributed by atoms with van der Waals surface area (Å²) in [5.41, 5.74) is 2.28. The number of benzene rings is 2. The van der Waals surface area contributed by atoms with Gasteiger partial charge in [0.1, 0.15) is 5.52 Å². The molecule has 1 N–H and O–H groups in total. The number of nitriles is 1. The SMILES string of the molecule is C[C@H](OC(=O)CCc1nc2ccccc2o1)C(=O)Nc1cccc(C#N)c1. The van der Waals surface area contributed by atoms with Crippen LogP contribution < -0.4 is 5.32 Å². The number of carbonyl (C=O) groups is 2. The highest BCUT2D eigenvalue weighted by molar-refractivity contribution is 5.95. The van der Waals surface area contributed by atoms with E-state index in [-0.39, 0.29) is 12.8 Å². The molecule has 7 nitrogen and oxygen atoms in total. The molecule has 1 heterocycles. The van der Waals surface area contributed by atoms with Crippen molar-refractivity contribution >= 4 is 28.7 Å². The number of rotatable bonds is 6. The lowest BCUT2D eigenvalue weighted by atomic mass is 10.2. The smallest absolute Gasteiger partial charge is 0.307 e. The van der Waals surface area contributed by atoms with Gasteiger partial charge in [0.2, 0.25) is 0 Å². The van der Waals surface area contributed by atoms with Gasteiger partial charge in [-0.05, 0) is 37.3 Å². The van der Waals surface area contributed by atoms with Crippen LogP contribution in [0.15, 0.2) is 52.9 Å². The Morgan fingerprint density at radius 1 is 1.26 bits per heavy atom. The van der Waals surface area contributed by atoms with E-state index in [4.69, 9.17) is 14.4 Å². The summed E-state index contributed by atoms with van der Waals surface area (Å²) >= 11 is 0. The van der Waals surface area contributed by atoms with Crippen LogP contribution in [0.1, 0.15) is 24.8 Å². The van der Waals surface area contributed by atoms with Gasteiger partial charge in [-0.25, -0.2) is 4.98 Å². The summed E-state index contributed by atoms with van der Waals surface area (Å²) in [6, 6.07) is 15.8. The Hall–Kier alpha value is -3.66. The van der Waals surface area contributed by atoms with Crippen molar-refractivity contribution in [2.75, 3.05) is 5.32 Å². The van der Waals surface area contributed by atoms with Gasteiger partial charge < -0.3 is 14.5 Å². The second kappa shape index (κ2) is 8.15. The first-order chi connectivity index (χ1) is 13.0. The fourth-order valence-corrected chi connectivity index (χ4v) is 2.46. The summed E-state index contributed by atoms with van der Waals surface area (Å²) in [5, 5.41) is 11.5. The van der Waals surface area contributed by atoms with E-state index < -0.39 is 18.0 Å². The van der Waals surface area contributed by atoms with Gasteiger partial charge in [0, 0.05) is 12.1 Å². The summed E-state index contributed by atoms with van der Waals surface area (Å²) in [4.78, 5) is 28.4. The molecule has 0 aliphatic rings. The molecule has 0 aliphatic heterocycles. The van der Waals surface area contributed by atoms with Crippen molar-refractivity contribution in [3.63, 3.8) is 0 Å². The van der Waals surface area contributed by atoms with E-state index in [1.807, 2.05) is 24.3 Å². The normalized spacial score (nSPS) is 11.6. The largest absolute Gasteiger partial charge is 0.453 e. The van der Waals surface area contributed by atoms with Crippen LogP contribution in [0.3, 0.4) is 0 Å². The Morgan fingerprint density at radius 2 is 2.07 bits per heavy atom. The molecule has 0 unspecified atom stereocenters. The molecule has 0 radical (unpaired) electrons. The van der Waals surface area contributed by atoms with E-state index in [1.165, 1.54) is 6.92 Å². The number of hydrogen-bond donors (Lipinski definition) is 1. The Labute approximate surface area is 155 Å².